The SMILES string of the molecule is O=C(O)c1csc(CNS(=O)(=O)c2cc3c4c(c2)CC(=O)N4CCC3)n1. The predicted octanol–water partition coefficient (Wildman–Crippen LogP) is 1.16. The molecule has 4 rings (SSSR count). The van der Waals surface area contributed by atoms with E-state index in [2.05, 4.69) is 9.71 Å². The Bertz CT molecular complexity index is 1030. The quantitative estimate of drug-likeness (QED) is 0.787. The summed E-state index contributed by atoms with van der Waals surface area (Å²) in [4.78, 5) is 28.7. The molecule has 1 amide bonds. The van der Waals surface area contributed by atoms with Crippen molar-refractivity contribution in [2.24, 2.45) is 0 Å². The molecule has 0 atom stereocenters. The Hall–Kier alpha value is -2.30. The molecular weight excluding hydrogens is 378 g/mol. The Balaban J connectivity index is 1.59. The number of nitrogens with one attached hydrogen (secondary N) is 1. The number of aryl methyl sites for hydroxylation is 1. The molecule has 0 saturated heterocycles. The maximum atomic E-state index is 12.6. The van der Waals surface area contributed by atoms with Crippen LogP contribution >= 0.6 is 11.3 Å². The number of hydrogen-bond donors (Lipinski definition) is 2. The number of thiazole rings is 1. The van der Waals surface area contributed by atoms with Gasteiger partial charge in [0.05, 0.1) is 23.5 Å². The molecule has 2 aliphatic rings. The highest BCUT2D eigenvalue weighted by Crippen LogP contribution is 2.38. The fourth-order valence-electron chi connectivity index (χ4n) is 3.33. The van der Waals surface area contributed by atoms with Crippen molar-refractivity contribution in [1.82, 2.24) is 9.71 Å². The van der Waals surface area contributed by atoms with Gasteiger partial charge in [0.25, 0.3) is 0 Å². The van der Waals surface area contributed by atoms with E-state index in [1.54, 1.807) is 17.0 Å². The van der Waals surface area contributed by atoms with Crippen LogP contribution in [0.5, 0.6) is 0 Å². The maximum Gasteiger partial charge on any atom is 0.355 e. The van der Waals surface area contributed by atoms with Crippen LogP contribution in [0.4, 0.5) is 5.69 Å². The van der Waals surface area contributed by atoms with Crippen LogP contribution in [0.2, 0.25) is 0 Å². The largest absolute Gasteiger partial charge is 0.476 e. The van der Waals surface area contributed by atoms with E-state index in [1.807, 2.05) is 0 Å². The van der Waals surface area contributed by atoms with Gasteiger partial charge in [0, 0.05) is 11.9 Å². The van der Waals surface area contributed by atoms with Crippen molar-refractivity contribution in [3.05, 3.63) is 39.3 Å². The van der Waals surface area contributed by atoms with Gasteiger partial charge in [-0.3, -0.25) is 4.79 Å². The summed E-state index contributed by atoms with van der Waals surface area (Å²) in [5, 5.41) is 10.6. The number of benzene rings is 1. The number of aromatic carboxylic acids is 1. The number of rotatable bonds is 5. The third-order valence-electron chi connectivity index (χ3n) is 4.48. The van der Waals surface area contributed by atoms with Crippen LogP contribution < -0.4 is 9.62 Å². The van der Waals surface area contributed by atoms with Crippen molar-refractivity contribution in [2.75, 3.05) is 11.4 Å². The second kappa shape index (κ2) is 6.15. The van der Waals surface area contributed by atoms with Gasteiger partial charge in [0.1, 0.15) is 5.01 Å². The Morgan fingerprint density at radius 3 is 2.85 bits per heavy atom. The molecule has 0 spiro atoms. The summed E-state index contributed by atoms with van der Waals surface area (Å²) in [6.07, 6.45) is 1.77. The Morgan fingerprint density at radius 1 is 1.35 bits per heavy atom. The van der Waals surface area contributed by atoms with Crippen molar-refractivity contribution in [1.29, 1.82) is 0 Å². The molecule has 2 N–H and O–H groups in total. The molecule has 8 nitrogen and oxygen atoms in total. The number of aromatic nitrogens is 1. The van der Waals surface area contributed by atoms with Crippen LogP contribution in [-0.4, -0.2) is 36.9 Å². The second-order valence-corrected chi connectivity index (χ2v) is 8.88. The van der Waals surface area contributed by atoms with Gasteiger partial charge in [-0.05, 0) is 36.1 Å². The number of amides is 1. The molecule has 0 fully saturated rings. The third kappa shape index (κ3) is 2.89. The lowest BCUT2D eigenvalue weighted by molar-refractivity contribution is -0.117. The zero-order valence-electron chi connectivity index (χ0n) is 13.6. The van der Waals surface area contributed by atoms with Crippen molar-refractivity contribution in [3.63, 3.8) is 0 Å². The minimum Gasteiger partial charge on any atom is -0.476 e. The second-order valence-electron chi connectivity index (χ2n) is 6.17. The number of anilines is 1. The highest BCUT2D eigenvalue weighted by molar-refractivity contribution is 7.89. The number of nitrogens with zero attached hydrogens (tertiary/aromatic N) is 2. The van der Waals surface area contributed by atoms with E-state index in [-0.39, 0.29) is 29.5 Å². The van der Waals surface area contributed by atoms with Crippen molar-refractivity contribution in [2.45, 2.75) is 30.7 Å². The molecule has 0 saturated carbocycles. The summed E-state index contributed by atoms with van der Waals surface area (Å²) in [5.74, 6) is -1.14. The summed E-state index contributed by atoms with van der Waals surface area (Å²) in [7, 11) is -3.80. The fourth-order valence-corrected chi connectivity index (χ4v) is 5.22. The van der Waals surface area contributed by atoms with Gasteiger partial charge in [-0.25, -0.2) is 22.9 Å². The van der Waals surface area contributed by atoms with E-state index in [4.69, 9.17) is 5.11 Å². The number of carboxylic acids is 1. The van der Waals surface area contributed by atoms with Crippen LogP contribution in [0.1, 0.15) is 33.0 Å². The number of carbonyl (C=O) groups excluding carboxylic acids is 1. The number of sulfonamides is 1. The zero-order chi connectivity index (χ0) is 18.5. The first kappa shape index (κ1) is 17.1. The van der Waals surface area contributed by atoms with Crippen molar-refractivity contribution < 1.29 is 23.1 Å². The topological polar surface area (TPSA) is 117 Å². The molecule has 26 heavy (non-hydrogen) atoms. The Kier molecular flexibility index (Phi) is 4.05. The summed E-state index contributed by atoms with van der Waals surface area (Å²) in [6.45, 7) is 0.594. The van der Waals surface area contributed by atoms with Crippen LogP contribution in [0.15, 0.2) is 22.4 Å². The minimum atomic E-state index is -3.80. The lowest BCUT2D eigenvalue weighted by Gasteiger charge is -2.25. The monoisotopic (exact) mass is 393 g/mol. The van der Waals surface area contributed by atoms with Crippen LogP contribution in [0.3, 0.4) is 0 Å². The molecule has 0 radical (unpaired) electrons. The van der Waals surface area contributed by atoms with Crippen LogP contribution in [0.25, 0.3) is 0 Å². The van der Waals surface area contributed by atoms with E-state index < -0.39 is 16.0 Å². The fraction of sp³-hybridized carbons (Fsp3) is 0.312. The van der Waals surface area contributed by atoms with E-state index in [0.29, 0.717) is 11.6 Å². The first-order valence-corrected chi connectivity index (χ1v) is 10.3. The van der Waals surface area contributed by atoms with Gasteiger partial charge >= 0.3 is 5.97 Å². The zero-order valence-corrected chi connectivity index (χ0v) is 15.2. The molecule has 0 unspecified atom stereocenters. The molecular formula is C16H15N3O5S2. The average molecular weight is 393 g/mol. The van der Waals surface area contributed by atoms with Gasteiger partial charge in [-0.1, -0.05) is 0 Å². The summed E-state index contributed by atoms with van der Waals surface area (Å²) in [5.41, 5.74) is 2.38. The highest BCUT2D eigenvalue weighted by Gasteiger charge is 2.33. The molecule has 3 heterocycles. The summed E-state index contributed by atoms with van der Waals surface area (Å²) in [6, 6.07) is 3.17. The molecule has 2 aliphatic heterocycles. The molecule has 0 aliphatic carbocycles. The smallest absolute Gasteiger partial charge is 0.355 e. The standard InChI is InChI=1S/C16H15N3O5S2/c20-14-6-10-5-11(4-9-2-1-3-19(14)15(9)10)26(23,24)17-7-13-18-12(8-25-13)16(21)22/h4-5,8,17H,1-3,6-7H2,(H,21,22). The first-order valence-electron chi connectivity index (χ1n) is 7.99. The van der Waals surface area contributed by atoms with E-state index in [0.717, 1.165) is 41.0 Å². The minimum absolute atomic E-state index is 0.00689. The van der Waals surface area contributed by atoms with Crippen LogP contribution in [0, 0.1) is 0 Å². The molecule has 1 aromatic carbocycles. The van der Waals surface area contributed by atoms with Gasteiger partial charge in [-0.15, -0.1) is 11.3 Å². The third-order valence-corrected chi connectivity index (χ3v) is 6.71. The maximum absolute atomic E-state index is 12.6. The van der Waals surface area contributed by atoms with Gasteiger partial charge in [0.2, 0.25) is 15.9 Å². The van der Waals surface area contributed by atoms with E-state index >= 15 is 0 Å². The summed E-state index contributed by atoms with van der Waals surface area (Å²) < 4.78 is 27.7. The Labute approximate surface area is 153 Å². The first-order chi connectivity index (χ1) is 12.3. The normalized spacial score (nSPS) is 16.0. The molecule has 2 aromatic rings. The molecule has 0 bridgehead atoms. The Morgan fingerprint density at radius 2 is 2.12 bits per heavy atom. The molecule has 10 heteroatoms. The number of hydrogen-bond acceptors (Lipinski definition) is 6. The van der Waals surface area contributed by atoms with Crippen LogP contribution in [-0.2, 0) is 34.2 Å². The highest BCUT2D eigenvalue weighted by atomic mass is 32.2. The van der Waals surface area contributed by atoms with E-state index in [9.17, 15) is 18.0 Å². The average Bonchev–Trinajstić information content (AvgIpc) is 3.20. The van der Waals surface area contributed by atoms with Gasteiger partial charge in [-0.2, -0.15) is 0 Å². The lowest BCUT2D eigenvalue weighted by atomic mass is 10.0. The molecule has 136 valence electrons. The number of carbonyl (C=O) groups is 2. The number of carboxylic acid groups (broad SMARTS) is 1. The van der Waals surface area contributed by atoms with Crippen molar-refractivity contribution >= 4 is 38.9 Å². The van der Waals surface area contributed by atoms with Crippen molar-refractivity contribution in [3.8, 4) is 0 Å². The lowest BCUT2D eigenvalue weighted by Crippen LogP contribution is -2.31. The summed E-state index contributed by atoms with van der Waals surface area (Å²) >= 11 is 1.08. The van der Waals surface area contributed by atoms with E-state index in [1.165, 1.54) is 5.38 Å². The van der Waals surface area contributed by atoms with Gasteiger partial charge < -0.3 is 10.0 Å². The molecule has 1 aromatic heterocycles. The van der Waals surface area contributed by atoms with Gasteiger partial charge in [0.15, 0.2) is 5.69 Å². The predicted molar refractivity (Wildman–Crippen MR) is 93.9 cm³/mol.